The minimum absolute atomic E-state index is 0.221. The topological polar surface area (TPSA) is 97.3 Å². The molecule has 1 amide bonds. The third-order valence-corrected chi connectivity index (χ3v) is 3.08. The molecule has 2 heterocycles. The number of aliphatic hydroxyl groups is 2. The van der Waals surface area contributed by atoms with Gasteiger partial charge in [0, 0.05) is 6.92 Å². The van der Waals surface area contributed by atoms with E-state index in [1.54, 1.807) is 13.8 Å². The molecule has 0 saturated carbocycles. The van der Waals surface area contributed by atoms with Crippen LogP contribution >= 0.6 is 0 Å². The molecule has 2 rings (SSSR count). The van der Waals surface area contributed by atoms with Crippen molar-refractivity contribution in [2.45, 2.75) is 57.2 Å². The summed E-state index contributed by atoms with van der Waals surface area (Å²) in [5, 5.41) is 22.4. The number of hydrogen-bond acceptors (Lipinski definition) is 6. The molecule has 0 aromatic heterocycles. The van der Waals surface area contributed by atoms with Gasteiger partial charge in [0.1, 0.15) is 24.4 Å². The lowest BCUT2D eigenvalue weighted by atomic mass is 9.95. The maximum atomic E-state index is 11.0. The van der Waals surface area contributed by atoms with Crippen molar-refractivity contribution < 1.29 is 29.2 Å². The molecule has 4 unspecified atom stereocenters. The van der Waals surface area contributed by atoms with Crippen LogP contribution in [0.25, 0.3) is 0 Å². The Morgan fingerprint density at radius 2 is 2.06 bits per heavy atom. The predicted octanol–water partition coefficient (Wildman–Crippen LogP) is -1.28. The largest absolute Gasteiger partial charge is 0.388 e. The minimum atomic E-state index is -1.28. The second-order valence-electron chi connectivity index (χ2n) is 5.08. The maximum absolute atomic E-state index is 11.0. The summed E-state index contributed by atoms with van der Waals surface area (Å²) in [4.78, 5) is 11.0. The number of amides is 1. The lowest BCUT2D eigenvalue weighted by Gasteiger charge is -2.48. The first-order chi connectivity index (χ1) is 8.30. The zero-order chi connectivity index (χ0) is 13.5. The smallest absolute Gasteiger partial charge is 0.217 e. The Morgan fingerprint density at radius 3 is 2.67 bits per heavy atom. The second kappa shape index (κ2) is 4.75. The molecule has 5 atom stereocenters. The van der Waals surface area contributed by atoms with Gasteiger partial charge < -0.3 is 29.7 Å². The molecule has 7 nitrogen and oxygen atoms in total. The first-order valence-electron chi connectivity index (χ1n) is 5.90. The third-order valence-electron chi connectivity index (χ3n) is 3.08. The highest BCUT2D eigenvalue weighted by Crippen LogP contribution is 2.31. The van der Waals surface area contributed by atoms with Gasteiger partial charge in [0.2, 0.25) is 5.91 Å². The summed E-state index contributed by atoms with van der Waals surface area (Å²) in [7, 11) is 0. The molecule has 3 N–H and O–H groups in total. The third kappa shape index (κ3) is 2.65. The fourth-order valence-electron chi connectivity index (χ4n) is 2.25. The van der Waals surface area contributed by atoms with Crippen LogP contribution in [0, 0.1) is 0 Å². The first-order valence-corrected chi connectivity index (χ1v) is 5.90. The van der Waals surface area contributed by atoms with E-state index in [-0.39, 0.29) is 12.5 Å². The Hall–Kier alpha value is -0.730. The van der Waals surface area contributed by atoms with Gasteiger partial charge in [-0.1, -0.05) is 0 Å². The van der Waals surface area contributed by atoms with Crippen molar-refractivity contribution in [3.05, 3.63) is 0 Å². The van der Waals surface area contributed by atoms with Crippen LogP contribution in [0.2, 0.25) is 0 Å². The van der Waals surface area contributed by atoms with Crippen LogP contribution in [-0.2, 0) is 19.0 Å². The van der Waals surface area contributed by atoms with Crippen molar-refractivity contribution in [2.24, 2.45) is 0 Å². The van der Waals surface area contributed by atoms with Crippen LogP contribution in [-0.4, -0.2) is 59.2 Å². The van der Waals surface area contributed by atoms with Crippen molar-refractivity contribution in [3.63, 3.8) is 0 Å². The number of hydrogen-bond donors (Lipinski definition) is 3. The van der Waals surface area contributed by atoms with Crippen LogP contribution in [0.4, 0.5) is 0 Å². The van der Waals surface area contributed by atoms with E-state index in [9.17, 15) is 15.0 Å². The van der Waals surface area contributed by atoms with Crippen LogP contribution in [0.1, 0.15) is 20.8 Å². The number of ether oxygens (including phenoxy) is 3. The Morgan fingerprint density at radius 1 is 1.39 bits per heavy atom. The van der Waals surface area contributed by atoms with Gasteiger partial charge in [-0.3, -0.25) is 4.79 Å². The second-order valence-corrected chi connectivity index (χ2v) is 5.08. The zero-order valence-corrected chi connectivity index (χ0v) is 10.6. The van der Waals surface area contributed by atoms with Crippen LogP contribution < -0.4 is 5.32 Å². The molecule has 0 aromatic carbocycles. The monoisotopic (exact) mass is 261 g/mol. The molecule has 0 aromatic rings. The average Bonchev–Trinajstić information content (AvgIpc) is 2.25. The number of fused-ring (bicyclic) bond motifs is 1. The van der Waals surface area contributed by atoms with E-state index >= 15 is 0 Å². The first kappa shape index (κ1) is 13.7. The molecule has 2 fully saturated rings. The van der Waals surface area contributed by atoms with Gasteiger partial charge in [-0.2, -0.15) is 0 Å². The number of carbonyl (C=O) groups excluding carboxylic acids is 1. The van der Waals surface area contributed by atoms with Crippen molar-refractivity contribution in [2.75, 3.05) is 6.61 Å². The number of nitrogens with one attached hydrogen (secondary N) is 1. The SMILES string of the molecule is CC(=O)NC1C(O)OC2COC(C)(C)O[C@H]2C1O. The van der Waals surface area contributed by atoms with Crippen molar-refractivity contribution in [1.82, 2.24) is 5.32 Å². The summed E-state index contributed by atoms with van der Waals surface area (Å²) in [5.74, 6) is -1.18. The van der Waals surface area contributed by atoms with E-state index < -0.39 is 36.4 Å². The molecule has 104 valence electrons. The minimum Gasteiger partial charge on any atom is -0.388 e. The van der Waals surface area contributed by atoms with Gasteiger partial charge in [-0.15, -0.1) is 0 Å². The fourth-order valence-corrected chi connectivity index (χ4v) is 2.25. The van der Waals surface area contributed by atoms with Crippen LogP contribution in [0.3, 0.4) is 0 Å². The molecular formula is C11H19NO6. The van der Waals surface area contributed by atoms with Crippen LogP contribution in [0.5, 0.6) is 0 Å². The van der Waals surface area contributed by atoms with Crippen LogP contribution in [0.15, 0.2) is 0 Å². The molecule has 2 aliphatic rings. The molecule has 2 saturated heterocycles. The summed E-state index contributed by atoms with van der Waals surface area (Å²) < 4.78 is 16.3. The normalized spacial score (nSPS) is 43.1. The highest BCUT2D eigenvalue weighted by Gasteiger charge is 2.50. The predicted molar refractivity (Wildman–Crippen MR) is 59.4 cm³/mol. The molecule has 2 aliphatic heterocycles. The number of rotatable bonds is 1. The average molecular weight is 261 g/mol. The molecule has 18 heavy (non-hydrogen) atoms. The van der Waals surface area contributed by atoms with Gasteiger partial charge in [-0.05, 0) is 13.8 Å². The molecule has 0 spiro atoms. The molecule has 7 heteroatoms. The van der Waals surface area contributed by atoms with E-state index in [0.29, 0.717) is 0 Å². The Bertz CT molecular complexity index is 333. The van der Waals surface area contributed by atoms with Gasteiger partial charge in [0.15, 0.2) is 12.1 Å². The van der Waals surface area contributed by atoms with Gasteiger partial charge >= 0.3 is 0 Å². The maximum Gasteiger partial charge on any atom is 0.217 e. The van der Waals surface area contributed by atoms with E-state index in [1.807, 2.05) is 0 Å². The van der Waals surface area contributed by atoms with Crippen molar-refractivity contribution >= 4 is 5.91 Å². The summed E-state index contributed by atoms with van der Waals surface area (Å²) in [6.07, 6.45) is -3.52. The number of aliphatic hydroxyl groups excluding tert-OH is 2. The highest BCUT2D eigenvalue weighted by atomic mass is 16.7. The summed E-state index contributed by atoms with van der Waals surface area (Å²) in [6.45, 7) is 4.99. The van der Waals surface area contributed by atoms with E-state index in [4.69, 9.17) is 14.2 Å². The fraction of sp³-hybridized carbons (Fsp3) is 0.909. The van der Waals surface area contributed by atoms with Gasteiger partial charge in [-0.25, -0.2) is 0 Å². The molecular weight excluding hydrogens is 242 g/mol. The molecule has 0 aliphatic carbocycles. The molecule has 0 bridgehead atoms. The van der Waals surface area contributed by atoms with E-state index in [2.05, 4.69) is 5.32 Å². The summed E-state index contributed by atoms with van der Waals surface area (Å²) in [6, 6.07) is -0.905. The Balaban J connectivity index is 2.12. The van der Waals surface area contributed by atoms with E-state index in [0.717, 1.165) is 0 Å². The number of carbonyl (C=O) groups is 1. The lowest BCUT2D eigenvalue weighted by Crippen LogP contribution is -2.67. The van der Waals surface area contributed by atoms with Gasteiger partial charge in [0.25, 0.3) is 0 Å². The summed E-state index contributed by atoms with van der Waals surface area (Å²) in [5.41, 5.74) is 0. The van der Waals surface area contributed by atoms with Gasteiger partial charge in [0.05, 0.1) is 6.61 Å². The van der Waals surface area contributed by atoms with Crippen molar-refractivity contribution in [3.8, 4) is 0 Å². The Labute approximate surface area is 105 Å². The van der Waals surface area contributed by atoms with Crippen molar-refractivity contribution in [1.29, 1.82) is 0 Å². The molecule has 0 radical (unpaired) electrons. The zero-order valence-electron chi connectivity index (χ0n) is 10.6. The quantitative estimate of drug-likeness (QED) is 0.544. The summed E-state index contributed by atoms with van der Waals surface area (Å²) >= 11 is 0. The Kier molecular flexibility index (Phi) is 3.61. The lowest BCUT2D eigenvalue weighted by molar-refractivity contribution is -0.364. The van der Waals surface area contributed by atoms with E-state index in [1.165, 1.54) is 6.92 Å². The highest BCUT2D eigenvalue weighted by molar-refractivity contribution is 5.73. The standard InChI is InChI=1S/C11H19NO6/c1-5(13)12-7-8(14)9-6(17-10(7)15)4-16-11(2,3)18-9/h6-10,14-15H,4H2,1-3H3,(H,12,13)/t6?,7?,8?,9-,10?/m1/s1.